The lowest BCUT2D eigenvalue weighted by atomic mass is 10.1. The van der Waals surface area contributed by atoms with Crippen LogP contribution in [0, 0.1) is 5.92 Å². The van der Waals surface area contributed by atoms with Crippen LogP contribution in [-0.2, 0) is 0 Å². The summed E-state index contributed by atoms with van der Waals surface area (Å²) in [6, 6.07) is 3.48. The number of hydrogen-bond donors (Lipinski definition) is 1. The van der Waals surface area contributed by atoms with Gasteiger partial charge in [0.05, 0.1) is 6.26 Å². The fourth-order valence-electron chi connectivity index (χ4n) is 2.16. The van der Waals surface area contributed by atoms with Gasteiger partial charge in [0, 0.05) is 13.1 Å². The molecule has 4 heteroatoms. The summed E-state index contributed by atoms with van der Waals surface area (Å²) in [5.41, 5.74) is 0. The molecule has 0 bridgehead atoms. The van der Waals surface area contributed by atoms with Gasteiger partial charge < -0.3 is 14.6 Å². The second-order valence-electron chi connectivity index (χ2n) is 4.28. The third-order valence-corrected chi connectivity index (χ3v) is 3.11. The summed E-state index contributed by atoms with van der Waals surface area (Å²) in [6.07, 6.45) is 3.79. The van der Waals surface area contributed by atoms with E-state index in [-0.39, 0.29) is 5.91 Å². The van der Waals surface area contributed by atoms with Crippen molar-refractivity contribution >= 4 is 5.91 Å². The summed E-state index contributed by atoms with van der Waals surface area (Å²) >= 11 is 0. The number of carbonyl (C=O) groups excluding carboxylic acids is 1. The molecule has 2 heterocycles. The van der Waals surface area contributed by atoms with Gasteiger partial charge in [0.25, 0.3) is 5.91 Å². The van der Waals surface area contributed by atoms with Crippen molar-refractivity contribution in [1.82, 2.24) is 10.2 Å². The van der Waals surface area contributed by atoms with Crippen molar-refractivity contribution in [1.29, 1.82) is 0 Å². The number of likely N-dealkylation sites (tertiary alicyclic amines) is 1. The van der Waals surface area contributed by atoms with Crippen molar-refractivity contribution < 1.29 is 9.21 Å². The van der Waals surface area contributed by atoms with Crippen LogP contribution in [-0.4, -0.2) is 37.5 Å². The van der Waals surface area contributed by atoms with Crippen LogP contribution < -0.4 is 5.32 Å². The van der Waals surface area contributed by atoms with Crippen molar-refractivity contribution in [3.8, 4) is 0 Å². The molecule has 88 valence electrons. The number of rotatable bonds is 4. The Bertz CT molecular complexity index is 335. The molecule has 1 aromatic heterocycles. The molecule has 1 aromatic rings. The largest absolute Gasteiger partial charge is 0.459 e. The van der Waals surface area contributed by atoms with E-state index in [9.17, 15) is 4.79 Å². The molecular weight excluding hydrogens is 204 g/mol. The lowest BCUT2D eigenvalue weighted by Crippen LogP contribution is -2.28. The maximum atomic E-state index is 11.9. The van der Waals surface area contributed by atoms with Crippen LogP contribution in [0.1, 0.15) is 23.4 Å². The van der Waals surface area contributed by atoms with Gasteiger partial charge in [-0.15, -0.1) is 0 Å². The maximum Gasteiger partial charge on any atom is 0.289 e. The molecule has 4 nitrogen and oxygen atoms in total. The van der Waals surface area contributed by atoms with Crippen LogP contribution in [0.3, 0.4) is 0 Å². The van der Waals surface area contributed by atoms with Crippen LogP contribution in [0.4, 0.5) is 0 Å². The van der Waals surface area contributed by atoms with Gasteiger partial charge in [0.2, 0.25) is 0 Å². The smallest absolute Gasteiger partial charge is 0.289 e. The monoisotopic (exact) mass is 222 g/mol. The van der Waals surface area contributed by atoms with Gasteiger partial charge >= 0.3 is 0 Å². The maximum absolute atomic E-state index is 11.9. The van der Waals surface area contributed by atoms with Gasteiger partial charge in [-0.25, -0.2) is 0 Å². The first-order valence-electron chi connectivity index (χ1n) is 5.78. The van der Waals surface area contributed by atoms with Crippen molar-refractivity contribution in [3.63, 3.8) is 0 Å². The van der Waals surface area contributed by atoms with Crippen LogP contribution >= 0.6 is 0 Å². The zero-order chi connectivity index (χ0) is 11.4. The lowest BCUT2D eigenvalue weighted by Gasteiger charge is -2.14. The van der Waals surface area contributed by atoms with Crippen molar-refractivity contribution in [2.75, 3.05) is 26.7 Å². The Hall–Kier alpha value is -1.29. The fourth-order valence-corrected chi connectivity index (χ4v) is 2.16. The molecule has 0 aliphatic carbocycles. The molecule has 2 rings (SSSR count). The standard InChI is InChI=1S/C12H18N2O2/c1-13-6-4-10-5-7-14(9-10)12(15)11-3-2-8-16-11/h2-3,8,10,13H,4-7,9H2,1H3. The highest BCUT2D eigenvalue weighted by Gasteiger charge is 2.27. The average Bonchev–Trinajstić information content (AvgIpc) is 2.96. The zero-order valence-electron chi connectivity index (χ0n) is 9.61. The number of carbonyl (C=O) groups is 1. The van der Waals surface area contributed by atoms with Crippen LogP contribution in [0.2, 0.25) is 0 Å². The average molecular weight is 222 g/mol. The summed E-state index contributed by atoms with van der Waals surface area (Å²) in [5, 5.41) is 3.14. The minimum atomic E-state index is 0.0250. The molecule has 1 aliphatic rings. The van der Waals surface area contributed by atoms with Gasteiger partial charge in [0.1, 0.15) is 0 Å². The van der Waals surface area contributed by atoms with E-state index in [1.165, 1.54) is 0 Å². The van der Waals surface area contributed by atoms with Gasteiger partial charge in [-0.1, -0.05) is 0 Å². The Morgan fingerprint density at radius 3 is 3.25 bits per heavy atom. The van der Waals surface area contributed by atoms with Crippen molar-refractivity contribution in [3.05, 3.63) is 24.2 Å². The molecular formula is C12H18N2O2. The van der Waals surface area contributed by atoms with Gasteiger partial charge in [-0.05, 0) is 44.5 Å². The van der Waals surface area contributed by atoms with E-state index in [0.29, 0.717) is 11.7 Å². The van der Waals surface area contributed by atoms with Crippen LogP contribution in [0.5, 0.6) is 0 Å². The lowest BCUT2D eigenvalue weighted by molar-refractivity contribution is 0.0755. The van der Waals surface area contributed by atoms with Crippen LogP contribution in [0.25, 0.3) is 0 Å². The number of nitrogens with zero attached hydrogens (tertiary/aromatic N) is 1. The summed E-state index contributed by atoms with van der Waals surface area (Å²) in [6.45, 7) is 2.74. The molecule has 1 aliphatic heterocycles. The number of amides is 1. The fraction of sp³-hybridized carbons (Fsp3) is 0.583. The highest BCUT2D eigenvalue weighted by molar-refractivity contribution is 5.91. The highest BCUT2D eigenvalue weighted by Crippen LogP contribution is 2.21. The molecule has 0 saturated carbocycles. The van der Waals surface area contributed by atoms with Crippen LogP contribution in [0.15, 0.2) is 22.8 Å². The first-order chi connectivity index (χ1) is 7.81. The second-order valence-corrected chi connectivity index (χ2v) is 4.28. The normalized spacial score (nSPS) is 20.3. The molecule has 1 N–H and O–H groups in total. The number of furan rings is 1. The number of nitrogens with one attached hydrogen (secondary N) is 1. The highest BCUT2D eigenvalue weighted by atomic mass is 16.3. The van der Waals surface area contributed by atoms with E-state index >= 15 is 0 Å². The Labute approximate surface area is 95.6 Å². The predicted molar refractivity (Wildman–Crippen MR) is 61.3 cm³/mol. The predicted octanol–water partition coefficient (Wildman–Crippen LogP) is 1.35. The summed E-state index contributed by atoms with van der Waals surface area (Å²) in [5.74, 6) is 1.11. The molecule has 0 radical (unpaired) electrons. The molecule has 1 unspecified atom stereocenters. The third kappa shape index (κ3) is 2.44. The van der Waals surface area contributed by atoms with E-state index in [1.54, 1.807) is 18.4 Å². The molecule has 1 fully saturated rings. The van der Waals surface area contributed by atoms with Gasteiger partial charge in [0.15, 0.2) is 5.76 Å². The topological polar surface area (TPSA) is 45.5 Å². The van der Waals surface area contributed by atoms with Gasteiger partial charge in [-0.3, -0.25) is 4.79 Å². The first-order valence-corrected chi connectivity index (χ1v) is 5.78. The Balaban J connectivity index is 1.86. The molecule has 16 heavy (non-hydrogen) atoms. The molecule has 0 aromatic carbocycles. The van der Waals surface area contributed by atoms with E-state index < -0.39 is 0 Å². The van der Waals surface area contributed by atoms with E-state index in [4.69, 9.17) is 4.42 Å². The third-order valence-electron chi connectivity index (χ3n) is 3.11. The summed E-state index contributed by atoms with van der Waals surface area (Å²) in [7, 11) is 1.96. The molecule has 1 atom stereocenters. The van der Waals surface area contributed by atoms with E-state index in [1.807, 2.05) is 11.9 Å². The minimum Gasteiger partial charge on any atom is -0.459 e. The van der Waals surface area contributed by atoms with Crippen molar-refractivity contribution in [2.45, 2.75) is 12.8 Å². The molecule has 1 amide bonds. The zero-order valence-corrected chi connectivity index (χ0v) is 9.61. The van der Waals surface area contributed by atoms with E-state index in [0.717, 1.165) is 32.5 Å². The SMILES string of the molecule is CNCCC1CCN(C(=O)c2ccco2)C1. The number of hydrogen-bond acceptors (Lipinski definition) is 3. The van der Waals surface area contributed by atoms with Gasteiger partial charge in [-0.2, -0.15) is 0 Å². The minimum absolute atomic E-state index is 0.0250. The Morgan fingerprint density at radius 1 is 1.69 bits per heavy atom. The summed E-state index contributed by atoms with van der Waals surface area (Å²) < 4.78 is 5.12. The Morgan fingerprint density at radius 2 is 2.56 bits per heavy atom. The first kappa shape index (κ1) is 11.2. The molecule has 0 spiro atoms. The van der Waals surface area contributed by atoms with E-state index in [2.05, 4.69) is 5.32 Å². The quantitative estimate of drug-likeness (QED) is 0.836. The summed E-state index contributed by atoms with van der Waals surface area (Å²) in [4.78, 5) is 13.8. The Kier molecular flexibility index (Phi) is 3.62. The molecule has 1 saturated heterocycles. The second kappa shape index (κ2) is 5.16. The van der Waals surface area contributed by atoms with Crippen molar-refractivity contribution in [2.24, 2.45) is 5.92 Å².